The second kappa shape index (κ2) is 4.22. The van der Waals surface area contributed by atoms with E-state index in [4.69, 9.17) is 5.73 Å². The van der Waals surface area contributed by atoms with Gasteiger partial charge in [-0.15, -0.1) is 0 Å². The molecule has 0 atom stereocenters. The molecular formula is C10H11N3O4S. The number of anilines is 2. The molecule has 0 bridgehead atoms. The molecule has 4 N–H and O–H groups in total. The molecule has 0 spiro atoms. The van der Waals surface area contributed by atoms with Crippen LogP contribution in [0.2, 0.25) is 0 Å². The lowest BCUT2D eigenvalue weighted by Crippen LogP contribution is -2.13. The van der Waals surface area contributed by atoms with Crippen molar-refractivity contribution in [1.29, 1.82) is 0 Å². The van der Waals surface area contributed by atoms with E-state index in [0.29, 0.717) is 5.69 Å². The van der Waals surface area contributed by atoms with Gasteiger partial charge in [0.1, 0.15) is 0 Å². The van der Waals surface area contributed by atoms with Crippen LogP contribution in [0.1, 0.15) is 5.76 Å². The van der Waals surface area contributed by atoms with Gasteiger partial charge in [-0.2, -0.15) is 0 Å². The molecule has 0 amide bonds. The van der Waals surface area contributed by atoms with E-state index in [9.17, 15) is 13.5 Å². The summed E-state index contributed by atoms with van der Waals surface area (Å²) in [7, 11) is -3.83. The first-order valence-electron chi connectivity index (χ1n) is 4.94. The van der Waals surface area contributed by atoms with Crippen molar-refractivity contribution >= 4 is 21.5 Å². The van der Waals surface area contributed by atoms with Crippen molar-refractivity contribution < 1.29 is 18.0 Å². The molecule has 96 valence electrons. The standard InChI is InChI=1S/C10H11N3O4S/c1-6-9(14)10(12-17-6)13-18(15,16)8-4-2-7(11)3-5-8/h2-5,14H,11H2,1H3,(H,12,13). The third-order valence-corrected chi connectivity index (χ3v) is 3.61. The largest absolute Gasteiger partial charge is 0.502 e. The van der Waals surface area contributed by atoms with Crippen molar-refractivity contribution in [1.82, 2.24) is 5.16 Å². The summed E-state index contributed by atoms with van der Waals surface area (Å²) >= 11 is 0. The van der Waals surface area contributed by atoms with Gasteiger partial charge in [0, 0.05) is 12.6 Å². The monoisotopic (exact) mass is 269 g/mol. The minimum Gasteiger partial charge on any atom is -0.502 e. The van der Waals surface area contributed by atoms with Crippen molar-refractivity contribution in [3.8, 4) is 5.75 Å². The number of nitrogens with two attached hydrogens (primary N) is 1. The van der Waals surface area contributed by atoms with Gasteiger partial charge in [0.15, 0.2) is 5.76 Å². The first kappa shape index (κ1) is 12.2. The summed E-state index contributed by atoms with van der Waals surface area (Å²) in [5.41, 5.74) is 5.92. The number of sulfonamides is 1. The van der Waals surface area contributed by atoms with Gasteiger partial charge in [0.25, 0.3) is 10.0 Å². The zero-order valence-electron chi connectivity index (χ0n) is 9.41. The van der Waals surface area contributed by atoms with Crippen LogP contribution in [-0.2, 0) is 10.0 Å². The summed E-state index contributed by atoms with van der Waals surface area (Å²) in [4.78, 5) is 0.0109. The van der Waals surface area contributed by atoms with E-state index in [1.165, 1.54) is 31.2 Å². The lowest BCUT2D eigenvalue weighted by Gasteiger charge is -2.05. The van der Waals surface area contributed by atoms with Crippen molar-refractivity contribution in [3.05, 3.63) is 30.0 Å². The predicted molar refractivity (Wildman–Crippen MR) is 64.6 cm³/mol. The molecule has 8 heteroatoms. The molecule has 0 fully saturated rings. The summed E-state index contributed by atoms with van der Waals surface area (Å²) in [6.07, 6.45) is 0. The number of benzene rings is 1. The molecule has 18 heavy (non-hydrogen) atoms. The zero-order chi connectivity index (χ0) is 13.3. The second-order valence-electron chi connectivity index (χ2n) is 3.61. The maximum atomic E-state index is 11.9. The van der Waals surface area contributed by atoms with Gasteiger partial charge in [-0.3, -0.25) is 4.72 Å². The maximum absolute atomic E-state index is 11.9. The normalized spacial score (nSPS) is 11.4. The molecule has 1 heterocycles. The van der Waals surface area contributed by atoms with Crippen LogP contribution in [0.5, 0.6) is 5.75 Å². The van der Waals surface area contributed by atoms with E-state index < -0.39 is 10.0 Å². The average Bonchev–Trinajstić information content (AvgIpc) is 2.61. The quantitative estimate of drug-likeness (QED) is 0.717. The third-order valence-electron chi connectivity index (χ3n) is 2.25. The number of nitrogen functional groups attached to an aromatic ring is 1. The van der Waals surface area contributed by atoms with Gasteiger partial charge in [0.05, 0.1) is 4.90 Å². The van der Waals surface area contributed by atoms with Gasteiger partial charge in [-0.05, 0) is 24.3 Å². The van der Waals surface area contributed by atoms with E-state index in [1.807, 2.05) is 0 Å². The van der Waals surface area contributed by atoms with E-state index >= 15 is 0 Å². The third kappa shape index (κ3) is 2.23. The number of rotatable bonds is 3. The number of nitrogens with one attached hydrogen (secondary N) is 1. The highest BCUT2D eigenvalue weighted by Crippen LogP contribution is 2.27. The molecule has 2 aromatic rings. The zero-order valence-corrected chi connectivity index (χ0v) is 10.2. The highest BCUT2D eigenvalue weighted by molar-refractivity contribution is 7.92. The molecule has 0 unspecified atom stereocenters. The van der Waals surface area contributed by atoms with Crippen LogP contribution in [-0.4, -0.2) is 18.7 Å². The van der Waals surface area contributed by atoms with Gasteiger partial charge >= 0.3 is 0 Å². The molecule has 7 nitrogen and oxygen atoms in total. The highest BCUT2D eigenvalue weighted by atomic mass is 32.2. The molecule has 0 saturated heterocycles. The Labute approximate surface area is 103 Å². The topological polar surface area (TPSA) is 118 Å². The first-order valence-corrected chi connectivity index (χ1v) is 6.42. The summed E-state index contributed by atoms with van der Waals surface area (Å²) < 4.78 is 30.6. The number of hydrogen-bond donors (Lipinski definition) is 3. The number of aryl methyl sites for hydroxylation is 1. The molecule has 1 aromatic heterocycles. The number of hydrogen-bond acceptors (Lipinski definition) is 6. The lowest BCUT2D eigenvalue weighted by atomic mass is 10.3. The smallest absolute Gasteiger partial charge is 0.263 e. The molecule has 0 aliphatic carbocycles. The SMILES string of the molecule is Cc1onc(NS(=O)(=O)c2ccc(N)cc2)c1O. The van der Waals surface area contributed by atoms with Crippen molar-refractivity contribution in [3.63, 3.8) is 0 Å². The van der Waals surface area contributed by atoms with Crippen LogP contribution in [0.4, 0.5) is 11.5 Å². The maximum Gasteiger partial charge on any atom is 0.263 e. The van der Waals surface area contributed by atoms with Crippen LogP contribution >= 0.6 is 0 Å². The van der Waals surface area contributed by atoms with Crippen LogP contribution in [0.15, 0.2) is 33.7 Å². The van der Waals surface area contributed by atoms with Crippen LogP contribution in [0.25, 0.3) is 0 Å². The fraction of sp³-hybridized carbons (Fsp3) is 0.100. The fourth-order valence-corrected chi connectivity index (χ4v) is 2.27. The number of aromatic nitrogens is 1. The van der Waals surface area contributed by atoms with Gasteiger partial charge < -0.3 is 15.4 Å². The van der Waals surface area contributed by atoms with Gasteiger partial charge in [-0.25, -0.2) is 8.42 Å². The Kier molecular flexibility index (Phi) is 2.87. The fourth-order valence-electron chi connectivity index (χ4n) is 1.27. The van der Waals surface area contributed by atoms with Crippen molar-refractivity contribution in [2.75, 3.05) is 10.5 Å². The Bertz CT molecular complexity index is 661. The molecular weight excluding hydrogens is 258 g/mol. The van der Waals surface area contributed by atoms with Crippen molar-refractivity contribution in [2.24, 2.45) is 0 Å². The molecule has 2 rings (SSSR count). The molecule has 0 aliphatic rings. The minimum absolute atomic E-state index is 0.0109. The van der Waals surface area contributed by atoms with Crippen LogP contribution in [0.3, 0.4) is 0 Å². The Morgan fingerprint density at radius 2 is 1.94 bits per heavy atom. The molecule has 0 saturated carbocycles. The van der Waals surface area contributed by atoms with Gasteiger partial charge in [0.2, 0.25) is 11.6 Å². The molecule has 0 aliphatic heterocycles. The Morgan fingerprint density at radius 1 is 1.33 bits per heavy atom. The van der Waals surface area contributed by atoms with E-state index in [2.05, 4.69) is 14.4 Å². The Morgan fingerprint density at radius 3 is 2.44 bits per heavy atom. The lowest BCUT2D eigenvalue weighted by molar-refractivity contribution is 0.384. The van der Waals surface area contributed by atoms with E-state index in [1.54, 1.807) is 0 Å². The average molecular weight is 269 g/mol. The van der Waals surface area contributed by atoms with Crippen LogP contribution in [0, 0.1) is 6.92 Å². The Hall–Kier alpha value is -2.22. The number of aromatic hydroxyl groups is 1. The summed E-state index contributed by atoms with van der Waals surface area (Å²) in [5.74, 6) is -0.455. The van der Waals surface area contributed by atoms with E-state index in [0.717, 1.165) is 0 Å². The molecule has 0 radical (unpaired) electrons. The minimum atomic E-state index is -3.83. The first-order chi connectivity index (χ1) is 8.40. The number of nitrogens with zero attached hydrogens (tertiary/aromatic N) is 1. The highest BCUT2D eigenvalue weighted by Gasteiger charge is 2.20. The van der Waals surface area contributed by atoms with Crippen LogP contribution < -0.4 is 10.5 Å². The predicted octanol–water partition coefficient (Wildman–Crippen LogP) is 1.07. The van der Waals surface area contributed by atoms with E-state index in [-0.39, 0.29) is 22.2 Å². The molecule has 1 aromatic carbocycles. The Balaban J connectivity index is 2.33. The summed E-state index contributed by atoms with van der Waals surface area (Å²) in [5, 5.41) is 12.9. The van der Waals surface area contributed by atoms with Crippen molar-refractivity contribution in [2.45, 2.75) is 11.8 Å². The summed E-state index contributed by atoms with van der Waals surface area (Å²) in [6, 6.07) is 5.62. The summed E-state index contributed by atoms with van der Waals surface area (Å²) in [6.45, 7) is 1.46. The van der Waals surface area contributed by atoms with Gasteiger partial charge in [-0.1, -0.05) is 5.16 Å². The second-order valence-corrected chi connectivity index (χ2v) is 5.29.